The first-order valence-electron chi connectivity index (χ1n) is 14.1. The highest BCUT2D eigenvalue weighted by molar-refractivity contribution is 6.00. The van der Waals surface area contributed by atoms with Crippen molar-refractivity contribution in [2.24, 2.45) is 5.92 Å². The summed E-state index contributed by atoms with van der Waals surface area (Å²) < 4.78 is 12.4. The summed E-state index contributed by atoms with van der Waals surface area (Å²) in [6, 6.07) is 9.80. The predicted molar refractivity (Wildman–Crippen MR) is 155 cm³/mol. The van der Waals surface area contributed by atoms with Crippen LogP contribution in [0.25, 0.3) is 22.5 Å². The number of methoxy groups -OCH3 is 2. The van der Waals surface area contributed by atoms with Crippen molar-refractivity contribution in [1.29, 1.82) is 0 Å². The fourth-order valence-electron chi connectivity index (χ4n) is 5.19. The number of phenols is 1. The second-order valence-corrected chi connectivity index (χ2v) is 10.5. The number of rotatable bonds is 11. The molecule has 2 atom stereocenters. The number of benzene rings is 2. The minimum Gasteiger partial charge on any atom is -0.508 e. The Balaban J connectivity index is 1.53. The number of aromatic hydroxyl groups is 1. The molecule has 0 bridgehead atoms. The second-order valence-electron chi connectivity index (χ2n) is 10.5. The number of ether oxygens (including phenoxy) is 2. The summed E-state index contributed by atoms with van der Waals surface area (Å²) >= 11 is 0. The average Bonchev–Trinajstić information content (AvgIpc) is 3.75. The van der Waals surface area contributed by atoms with Gasteiger partial charge in [0.05, 0.1) is 33.2 Å². The van der Waals surface area contributed by atoms with Gasteiger partial charge in [0.25, 0.3) is 0 Å². The number of hydrogen-bond acceptors (Lipinski definition) is 12. The molecule has 3 N–H and O–H groups in total. The Morgan fingerprint density at radius 2 is 1.43 bits per heavy atom. The molecule has 0 amide bonds. The SMILES string of the molecule is COC(=O)[C@H](CO)n1cc(-c2cc(C(=O)C3CCNCC3)cc(-c3cn([C@@H](Cc4ccc(O)cc4)C(=O)OC)nn3)c2)nn1. The molecule has 2 aromatic carbocycles. The van der Waals surface area contributed by atoms with Crippen LogP contribution >= 0.6 is 0 Å². The van der Waals surface area contributed by atoms with E-state index in [0.717, 1.165) is 18.7 Å². The van der Waals surface area contributed by atoms with Crippen molar-refractivity contribution in [3.8, 4) is 28.3 Å². The van der Waals surface area contributed by atoms with E-state index in [-0.39, 0.29) is 23.9 Å². The van der Waals surface area contributed by atoms with Gasteiger partial charge in [0.1, 0.15) is 17.1 Å². The van der Waals surface area contributed by atoms with E-state index in [0.29, 0.717) is 40.9 Å². The first-order chi connectivity index (χ1) is 21.3. The standard InChI is InChI=1S/C30H33N7O7/c1-43-29(41)26(11-18-3-5-23(39)6-4-18)36-15-24(32-34-36)20-12-21(14-22(13-20)28(40)19-7-9-31-10-8-19)25-16-37(35-33-25)27(17-38)30(42)44-2/h3-6,12-16,19,26-27,31,38-39H,7-11,17H2,1-2H3/t26-,27-/m0/s1. The van der Waals surface area contributed by atoms with Crippen LogP contribution in [-0.4, -0.2) is 91.8 Å². The molecule has 0 saturated carbocycles. The number of hydrogen-bond donors (Lipinski definition) is 3. The monoisotopic (exact) mass is 603 g/mol. The maximum atomic E-state index is 13.6. The lowest BCUT2D eigenvalue weighted by atomic mass is 9.88. The molecule has 2 aromatic heterocycles. The number of ketones is 1. The quantitative estimate of drug-likeness (QED) is 0.167. The summed E-state index contributed by atoms with van der Waals surface area (Å²) in [6.07, 6.45) is 4.76. The number of nitrogens with zero attached hydrogens (tertiary/aromatic N) is 6. The van der Waals surface area contributed by atoms with E-state index in [9.17, 15) is 24.6 Å². The zero-order valence-electron chi connectivity index (χ0n) is 24.3. The molecule has 0 spiro atoms. The van der Waals surface area contributed by atoms with Crippen LogP contribution in [-0.2, 0) is 25.5 Å². The summed E-state index contributed by atoms with van der Waals surface area (Å²) in [5, 5.41) is 39.4. The van der Waals surface area contributed by atoms with Gasteiger partial charge in [0.2, 0.25) is 0 Å². The minimum atomic E-state index is -1.08. The molecule has 5 rings (SSSR count). The number of phenolic OH excluding ortho intramolecular Hbond substituents is 1. The van der Waals surface area contributed by atoms with E-state index in [1.54, 1.807) is 36.5 Å². The number of Topliss-reactive ketones (excluding diaryl/α,β-unsaturated/α-hetero) is 1. The molecular formula is C30H33N7O7. The van der Waals surface area contributed by atoms with E-state index in [4.69, 9.17) is 9.47 Å². The second kappa shape index (κ2) is 13.6. The van der Waals surface area contributed by atoms with Crippen LogP contribution in [0.5, 0.6) is 5.75 Å². The predicted octanol–water partition coefficient (Wildman–Crippen LogP) is 1.75. The summed E-state index contributed by atoms with van der Waals surface area (Å²) in [7, 11) is 2.51. The van der Waals surface area contributed by atoms with Crippen molar-refractivity contribution in [3.05, 3.63) is 66.0 Å². The summed E-state index contributed by atoms with van der Waals surface area (Å²) in [5.41, 5.74) is 3.09. The van der Waals surface area contributed by atoms with E-state index >= 15 is 0 Å². The van der Waals surface area contributed by atoms with Gasteiger partial charge >= 0.3 is 11.9 Å². The van der Waals surface area contributed by atoms with Crippen LogP contribution in [0.2, 0.25) is 0 Å². The molecule has 1 fully saturated rings. The lowest BCUT2D eigenvalue weighted by molar-refractivity contribution is -0.146. The first kappa shape index (κ1) is 30.5. The Hall–Kier alpha value is -4.95. The number of esters is 2. The number of nitrogens with one attached hydrogen (secondary N) is 1. The van der Waals surface area contributed by atoms with Crippen molar-refractivity contribution in [1.82, 2.24) is 35.3 Å². The Morgan fingerprint density at radius 1 is 0.886 bits per heavy atom. The van der Waals surface area contributed by atoms with Gasteiger partial charge < -0.3 is 25.0 Å². The largest absolute Gasteiger partial charge is 0.508 e. The Morgan fingerprint density at radius 3 is 1.98 bits per heavy atom. The molecular weight excluding hydrogens is 570 g/mol. The molecule has 44 heavy (non-hydrogen) atoms. The Kier molecular flexibility index (Phi) is 9.41. The maximum absolute atomic E-state index is 13.6. The van der Waals surface area contributed by atoms with Crippen LogP contribution in [0, 0.1) is 5.92 Å². The highest BCUT2D eigenvalue weighted by Gasteiger charge is 2.27. The molecule has 0 radical (unpaired) electrons. The third-order valence-electron chi connectivity index (χ3n) is 7.66. The normalized spacial score (nSPS) is 15.0. The van der Waals surface area contributed by atoms with Gasteiger partial charge in [-0.1, -0.05) is 22.6 Å². The summed E-state index contributed by atoms with van der Waals surface area (Å²) in [6.45, 7) is 0.957. The Labute approximate surface area is 252 Å². The van der Waals surface area contributed by atoms with Gasteiger partial charge in [-0.2, -0.15) is 0 Å². The summed E-state index contributed by atoms with van der Waals surface area (Å²) in [4.78, 5) is 38.5. The van der Waals surface area contributed by atoms with Gasteiger partial charge in [-0.05, 0) is 61.8 Å². The smallest absolute Gasteiger partial charge is 0.333 e. The van der Waals surface area contributed by atoms with Gasteiger partial charge in [0, 0.05) is 29.0 Å². The zero-order chi connectivity index (χ0) is 31.2. The number of aliphatic hydroxyl groups is 1. The van der Waals surface area contributed by atoms with E-state index in [1.807, 2.05) is 0 Å². The molecule has 1 aliphatic heterocycles. The number of piperidine rings is 1. The number of aliphatic hydroxyl groups excluding tert-OH is 1. The van der Waals surface area contributed by atoms with Crippen molar-refractivity contribution < 1.29 is 34.1 Å². The molecule has 14 nitrogen and oxygen atoms in total. The third kappa shape index (κ3) is 6.66. The van der Waals surface area contributed by atoms with E-state index in [2.05, 4.69) is 25.9 Å². The summed E-state index contributed by atoms with van der Waals surface area (Å²) in [5.74, 6) is -1.26. The van der Waals surface area contributed by atoms with Crippen molar-refractivity contribution in [3.63, 3.8) is 0 Å². The molecule has 14 heteroatoms. The van der Waals surface area contributed by atoms with E-state index in [1.165, 1.54) is 41.9 Å². The van der Waals surface area contributed by atoms with Crippen LogP contribution in [0.3, 0.4) is 0 Å². The molecule has 3 heterocycles. The number of aromatic nitrogens is 6. The van der Waals surface area contributed by atoms with Crippen LogP contribution in [0.4, 0.5) is 0 Å². The fourth-order valence-corrected chi connectivity index (χ4v) is 5.19. The fraction of sp³-hybridized carbons (Fsp3) is 0.367. The lowest BCUT2D eigenvalue weighted by Crippen LogP contribution is -2.31. The third-order valence-corrected chi connectivity index (χ3v) is 7.66. The minimum absolute atomic E-state index is 0.0167. The number of carbonyl (C=O) groups excluding carboxylic acids is 3. The lowest BCUT2D eigenvalue weighted by Gasteiger charge is -2.21. The topological polar surface area (TPSA) is 184 Å². The van der Waals surface area contributed by atoms with Gasteiger partial charge in [-0.25, -0.2) is 19.0 Å². The van der Waals surface area contributed by atoms with Gasteiger partial charge in [0.15, 0.2) is 17.9 Å². The van der Waals surface area contributed by atoms with Crippen LogP contribution in [0.15, 0.2) is 54.9 Å². The molecule has 0 aliphatic carbocycles. The molecule has 0 unspecified atom stereocenters. The van der Waals surface area contributed by atoms with E-state index < -0.39 is 30.6 Å². The molecule has 4 aromatic rings. The van der Waals surface area contributed by atoms with Crippen molar-refractivity contribution in [2.45, 2.75) is 31.3 Å². The van der Waals surface area contributed by atoms with Crippen molar-refractivity contribution >= 4 is 17.7 Å². The zero-order valence-corrected chi connectivity index (χ0v) is 24.3. The Bertz CT molecular complexity index is 1630. The van der Waals surface area contributed by atoms with Crippen LogP contribution < -0.4 is 5.32 Å². The van der Waals surface area contributed by atoms with Crippen LogP contribution in [0.1, 0.15) is 40.8 Å². The van der Waals surface area contributed by atoms with Gasteiger partial charge in [-0.3, -0.25) is 4.79 Å². The van der Waals surface area contributed by atoms with Gasteiger partial charge in [-0.15, -0.1) is 10.2 Å². The maximum Gasteiger partial charge on any atom is 0.333 e. The number of carbonyl (C=O) groups is 3. The molecule has 230 valence electrons. The molecule has 1 aliphatic rings. The first-order valence-corrected chi connectivity index (χ1v) is 14.1. The average molecular weight is 604 g/mol. The highest BCUT2D eigenvalue weighted by Crippen LogP contribution is 2.30. The molecule has 1 saturated heterocycles. The van der Waals surface area contributed by atoms with Crippen molar-refractivity contribution in [2.75, 3.05) is 33.9 Å². The highest BCUT2D eigenvalue weighted by atomic mass is 16.5.